The van der Waals surface area contributed by atoms with Crippen LogP contribution in [0.4, 0.5) is 0 Å². The zero-order chi connectivity index (χ0) is 13.0. The average Bonchev–Trinajstić information content (AvgIpc) is 2.73. The largest absolute Gasteiger partial charge is 0.477 e. The maximum atomic E-state index is 11.9. The van der Waals surface area contributed by atoms with Gasteiger partial charge in [-0.15, -0.1) is 0 Å². The van der Waals surface area contributed by atoms with Crippen LogP contribution >= 0.6 is 0 Å². The number of hydrogen-bond donors (Lipinski definition) is 3. The molecule has 0 aliphatic carbocycles. The van der Waals surface area contributed by atoms with Gasteiger partial charge in [0.2, 0.25) is 5.91 Å². The molecule has 8 heteroatoms. The number of nitrogens with one attached hydrogen (secondary N) is 1. The van der Waals surface area contributed by atoms with Gasteiger partial charge in [-0.1, -0.05) is 0 Å². The van der Waals surface area contributed by atoms with E-state index in [0.717, 1.165) is 11.2 Å². The molecule has 2 amide bonds. The number of rotatable bonds is 5. The molecule has 0 saturated heterocycles. The van der Waals surface area contributed by atoms with Gasteiger partial charge < -0.3 is 20.7 Å². The normalized spacial score (nSPS) is 9.94. The second-order valence-corrected chi connectivity index (χ2v) is 3.22. The number of aromatic amines is 1. The fourth-order valence-electron chi connectivity index (χ4n) is 1.28. The lowest BCUT2D eigenvalue weighted by Crippen LogP contribution is -2.39. The number of imidazole rings is 1. The summed E-state index contributed by atoms with van der Waals surface area (Å²) < 4.78 is 0. The summed E-state index contributed by atoms with van der Waals surface area (Å²) in [6.45, 7) is 1.60. The Hall–Kier alpha value is -2.38. The maximum Gasteiger partial charge on any atom is 0.354 e. The minimum absolute atomic E-state index is 0.230. The lowest BCUT2D eigenvalue weighted by atomic mass is 10.3. The second kappa shape index (κ2) is 5.10. The van der Waals surface area contributed by atoms with E-state index in [-0.39, 0.29) is 24.5 Å². The Kier molecular flexibility index (Phi) is 3.81. The molecule has 1 heterocycles. The van der Waals surface area contributed by atoms with Crippen LogP contribution in [0.2, 0.25) is 0 Å². The van der Waals surface area contributed by atoms with Crippen molar-refractivity contribution in [1.82, 2.24) is 14.9 Å². The molecule has 0 radical (unpaired) electrons. The third kappa shape index (κ3) is 2.80. The molecule has 17 heavy (non-hydrogen) atoms. The molecule has 0 atom stereocenters. The number of carbonyl (C=O) groups is 3. The van der Waals surface area contributed by atoms with Crippen molar-refractivity contribution < 1.29 is 19.5 Å². The number of H-pyrrole nitrogens is 1. The van der Waals surface area contributed by atoms with Crippen LogP contribution in [0.5, 0.6) is 0 Å². The minimum Gasteiger partial charge on any atom is -0.477 e. The minimum atomic E-state index is -1.29. The van der Waals surface area contributed by atoms with Gasteiger partial charge in [0.15, 0.2) is 11.4 Å². The van der Waals surface area contributed by atoms with Crippen LogP contribution < -0.4 is 5.73 Å². The standard InChI is InChI=1S/C9H12N4O4/c1-2-13(3-5(10)14)8(15)6-7(9(16)17)12-4-11-6/h4H,2-3H2,1H3,(H2,10,14)(H,11,12)(H,16,17). The monoisotopic (exact) mass is 240 g/mol. The third-order valence-electron chi connectivity index (χ3n) is 2.07. The molecule has 4 N–H and O–H groups in total. The molecule has 0 saturated carbocycles. The van der Waals surface area contributed by atoms with Gasteiger partial charge in [0.25, 0.3) is 5.91 Å². The van der Waals surface area contributed by atoms with Crippen molar-refractivity contribution in [3.63, 3.8) is 0 Å². The molecule has 1 aromatic rings. The van der Waals surface area contributed by atoms with Gasteiger partial charge in [0.1, 0.15) is 0 Å². The predicted molar refractivity (Wildman–Crippen MR) is 56.3 cm³/mol. The zero-order valence-corrected chi connectivity index (χ0v) is 9.14. The molecule has 0 bridgehead atoms. The fourth-order valence-corrected chi connectivity index (χ4v) is 1.28. The van der Waals surface area contributed by atoms with E-state index in [4.69, 9.17) is 10.8 Å². The molecule has 0 unspecified atom stereocenters. The number of carboxylic acids is 1. The molecule has 0 fully saturated rings. The molecular weight excluding hydrogens is 228 g/mol. The van der Waals surface area contributed by atoms with Gasteiger partial charge in [-0.2, -0.15) is 0 Å². The Bertz CT molecular complexity index is 454. The van der Waals surface area contributed by atoms with Crippen LogP contribution in [0.15, 0.2) is 6.33 Å². The number of hydrogen-bond acceptors (Lipinski definition) is 4. The molecule has 1 rings (SSSR count). The Balaban J connectivity index is 2.97. The summed E-state index contributed by atoms with van der Waals surface area (Å²) in [5, 5.41) is 8.81. The van der Waals surface area contributed by atoms with E-state index < -0.39 is 17.8 Å². The van der Waals surface area contributed by atoms with Crippen molar-refractivity contribution in [3.05, 3.63) is 17.7 Å². The van der Waals surface area contributed by atoms with Crippen LogP contribution in [-0.2, 0) is 4.79 Å². The highest BCUT2D eigenvalue weighted by Crippen LogP contribution is 2.07. The smallest absolute Gasteiger partial charge is 0.354 e. The number of aromatic carboxylic acids is 1. The van der Waals surface area contributed by atoms with Gasteiger partial charge in [-0.05, 0) is 6.92 Å². The van der Waals surface area contributed by atoms with E-state index in [0.29, 0.717) is 0 Å². The highest BCUT2D eigenvalue weighted by molar-refractivity contribution is 6.03. The molecule has 0 aliphatic heterocycles. The van der Waals surface area contributed by atoms with Crippen molar-refractivity contribution in [1.29, 1.82) is 0 Å². The molecule has 0 spiro atoms. The fraction of sp³-hybridized carbons (Fsp3) is 0.333. The maximum absolute atomic E-state index is 11.9. The lowest BCUT2D eigenvalue weighted by molar-refractivity contribution is -0.118. The molecular formula is C9H12N4O4. The Labute approximate surface area is 96.4 Å². The number of likely N-dealkylation sites (N-methyl/N-ethyl adjacent to an activating group) is 1. The molecule has 0 aliphatic rings. The summed E-state index contributed by atoms with van der Waals surface area (Å²) in [6.07, 6.45) is 1.11. The first kappa shape index (κ1) is 12.7. The molecule has 92 valence electrons. The van der Waals surface area contributed by atoms with Crippen LogP contribution in [-0.4, -0.2) is 50.8 Å². The Morgan fingerprint density at radius 2 is 2.18 bits per heavy atom. The van der Waals surface area contributed by atoms with E-state index >= 15 is 0 Å². The van der Waals surface area contributed by atoms with Crippen LogP contribution in [0, 0.1) is 0 Å². The first-order valence-electron chi connectivity index (χ1n) is 4.81. The average molecular weight is 240 g/mol. The Morgan fingerprint density at radius 3 is 2.65 bits per heavy atom. The SMILES string of the molecule is CCN(CC(N)=O)C(=O)c1nc[nH]c1C(=O)O. The van der Waals surface area contributed by atoms with Gasteiger partial charge in [-0.3, -0.25) is 9.59 Å². The van der Waals surface area contributed by atoms with Gasteiger partial charge in [0.05, 0.1) is 12.9 Å². The summed E-state index contributed by atoms with van der Waals surface area (Å²) in [5.41, 5.74) is 4.44. The van der Waals surface area contributed by atoms with Crippen molar-refractivity contribution in [2.45, 2.75) is 6.92 Å². The Morgan fingerprint density at radius 1 is 1.53 bits per heavy atom. The predicted octanol–water partition coefficient (Wildman–Crippen LogP) is -0.945. The summed E-state index contributed by atoms with van der Waals surface area (Å²) in [7, 11) is 0. The number of aromatic nitrogens is 2. The third-order valence-corrected chi connectivity index (χ3v) is 2.07. The first-order valence-corrected chi connectivity index (χ1v) is 4.81. The lowest BCUT2D eigenvalue weighted by Gasteiger charge is -2.17. The van der Waals surface area contributed by atoms with E-state index in [2.05, 4.69) is 9.97 Å². The first-order chi connectivity index (χ1) is 7.97. The van der Waals surface area contributed by atoms with Crippen LogP contribution in [0.1, 0.15) is 27.9 Å². The summed E-state index contributed by atoms with van der Waals surface area (Å²) in [5.74, 6) is -2.61. The van der Waals surface area contributed by atoms with Crippen LogP contribution in [0.25, 0.3) is 0 Å². The summed E-state index contributed by atoms with van der Waals surface area (Å²) in [4.78, 5) is 40.5. The second-order valence-electron chi connectivity index (χ2n) is 3.22. The van der Waals surface area contributed by atoms with E-state index in [1.165, 1.54) is 0 Å². The van der Waals surface area contributed by atoms with Gasteiger partial charge >= 0.3 is 5.97 Å². The highest BCUT2D eigenvalue weighted by Gasteiger charge is 2.24. The molecule has 0 aromatic carbocycles. The highest BCUT2D eigenvalue weighted by atomic mass is 16.4. The molecule has 1 aromatic heterocycles. The van der Waals surface area contributed by atoms with E-state index in [1.54, 1.807) is 6.92 Å². The summed E-state index contributed by atoms with van der Waals surface area (Å²) >= 11 is 0. The van der Waals surface area contributed by atoms with Crippen molar-refractivity contribution in [2.24, 2.45) is 5.73 Å². The van der Waals surface area contributed by atoms with Gasteiger partial charge in [-0.25, -0.2) is 9.78 Å². The van der Waals surface area contributed by atoms with Crippen molar-refractivity contribution in [2.75, 3.05) is 13.1 Å². The molecule has 8 nitrogen and oxygen atoms in total. The number of amides is 2. The van der Waals surface area contributed by atoms with Crippen molar-refractivity contribution in [3.8, 4) is 0 Å². The van der Waals surface area contributed by atoms with E-state index in [9.17, 15) is 14.4 Å². The van der Waals surface area contributed by atoms with Crippen molar-refractivity contribution >= 4 is 17.8 Å². The number of nitrogens with two attached hydrogens (primary N) is 1. The number of carboxylic acid groups (broad SMARTS) is 1. The zero-order valence-electron chi connectivity index (χ0n) is 9.14. The number of primary amides is 1. The number of nitrogens with zero attached hydrogens (tertiary/aromatic N) is 2. The van der Waals surface area contributed by atoms with E-state index in [1.807, 2.05) is 0 Å². The quantitative estimate of drug-likeness (QED) is 0.611. The summed E-state index contributed by atoms with van der Waals surface area (Å²) in [6, 6.07) is 0. The topological polar surface area (TPSA) is 129 Å². The number of carbonyl (C=O) groups excluding carboxylic acids is 2. The van der Waals surface area contributed by atoms with Crippen LogP contribution in [0.3, 0.4) is 0 Å². The van der Waals surface area contributed by atoms with Gasteiger partial charge in [0, 0.05) is 6.54 Å².